The third kappa shape index (κ3) is 3.41. The number of alkyl halides is 3. The Hall–Kier alpha value is -2.78. The van der Waals surface area contributed by atoms with Gasteiger partial charge in [0.05, 0.1) is 17.5 Å². The highest BCUT2D eigenvalue weighted by Gasteiger charge is 2.67. The Morgan fingerprint density at radius 1 is 1.13 bits per heavy atom. The summed E-state index contributed by atoms with van der Waals surface area (Å²) >= 11 is 11.8. The quantitative estimate of drug-likeness (QED) is 0.592. The first-order chi connectivity index (χ1) is 14.4. The molecule has 0 fully saturated rings. The number of rotatable bonds is 3. The second kappa shape index (κ2) is 7.13. The molecule has 4 rings (SSSR count). The molecule has 0 saturated heterocycles. The van der Waals surface area contributed by atoms with Crippen molar-refractivity contribution in [2.24, 2.45) is 0 Å². The number of hydrogen-bond donors (Lipinski definition) is 2. The van der Waals surface area contributed by atoms with Gasteiger partial charge in [-0.2, -0.15) is 13.2 Å². The molecule has 0 radical (unpaired) electrons. The minimum atomic E-state index is -5.16. The second-order valence-corrected chi connectivity index (χ2v) is 8.23. The highest BCUT2D eigenvalue weighted by molar-refractivity contribution is 6.34. The van der Waals surface area contributed by atoms with E-state index < -0.39 is 30.1 Å². The van der Waals surface area contributed by atoms with Crippen LogP contribution in [-0.2, 0) is 21.7 Å². The lowest BCUT2D eigenvalue weighted by Crippen LogP contribution is -2.63. The zero-order valence-corrected chi connectivity index (χ0v) is 17.7. The van der Waals surface area contributed by atoms with E-state index in [1.807, 2.05) is 5.32 Å². The third-order valence-corrected chi connectivity index (χ3v) is 5.61. The maximum absolute atomic E-state index is 14.4. The van der Waals surface area contributed by atoms with Gasteiger partial charge in [-0.15, -0.1) is 0 Å². The Kier molecular flexibility index (Phi) is 4.94. The molecule has 0 aliphatic carbocycles. The van der Waals surface area contributed by atoms with Crippen LogP contribution in [0.3, 0.4) is 0 Å². The van der Waals surface area contributed by atoms with Crippen molar-refractivity contribution in [2.75, 3.05) is 5.32 Å². The molecular weight excluding hydrogens is 456 g/mol. The molecule has 1 atom stereocenters. The van der Waals surface area contributed by atoms with Gasteiger partial charge in [0, 0.05) is 10.0 Å². The predicted molar refractivity (Wildman–Crippen MR) is 110 cm³/mol. The van der Waals surface area contributed by atoms with E-state index in [1.165, 1.54) is 24.3 Å². The molecule has 6 nitrogen and oxygen atoms in total. The number of halogens is 5. The van der Waals surface area contributed by atoms with Crippen LogP contribution in [0.15, 0.2) is 30.3 Å². The zero-order valence-electron chi connectivity index (χ0n) is 16.2. The molecule has 162 valence electrons. The number of benzene rings is 2. The van der Waals surface area contributed by atoms with Crippen molar-refractivity contribution >= 4 is 52.0 Å². The van der Waals surface area contributed by atoms with Crippen molar-refractivity contribution < 1.29 is 22.8 Å². The number of nitrogens with one attached hydrogen (secondary N) is 2. The molecule has 0 bridgehead atoms. The predicted octanol–water partition coefficient (Wildman–Crippen LogP) is 4.49. The van der Waals surface area contributed by atoms with Gasteiger partial charge in [0.2, 0.25) is 11.9 Å². The number of hydrogen-bond acceptors (Lipinski definition) is 3. The fourth-order valence-corrected chi connectivity index (χ4v) is 4.20. The maximum atomic E-state index is 14.4. The van der Waals surface area contributed by atoms with Crippen LogP contribution in [0, 0.1) is 13.8 Å². The number of carbonyl (C=O) groups is 2. The van der Waals surface area contributed by atoms with Crippen molar-refractivity contribution in [3.05, 3.63) is 57.1 Å². The topological polar surface area (TPSA) is 76.0 Å². The molecule has 1 aromatic heterocycles. The number of fused-ring (bicyclic) bond motifs is 3. The number of amides is 2. The van der Waals surface area contributed by atoms with Crippen LogP contribution in [0.25, 0.3) is 11.0 Å². The van der Waals surface area contributed by atoms with E-state index in [1.54, 1.807) is 19.9 Å². The molecule has 1 aliphatic rings. The van der Waals surface area contributed by atoms with Crippen LogP contribution in [-0.4, -0.2) is 27.5 Å². The summed E-state index contributed by atoms with van der Waals surface area (Å²) in [5.74, 6) is -2.78. The lowest BCUT2D eigenvalue weighted by atomic mass is 10.1. The van der Waals surface area contributed by atoms with E-state index in [4.69, 9.17) is 23.2 Å². The van der Waals surface area contributed by atoms with Crippen LogP contribution in [0.4, 0.5) is 19.1 Å². The highest BCUT2D eigenvalue weighted by Crippen LogP contribution is 2.44. The maximum Gasteiger partial charge on any atom is 0.440 e. The summed E-state index contributed by atoms with van der Waals surface area (Å²) in [4.78, 5) is 29.4. The van der Waals surface area contributed by atoms with E-state index in [2.05, 4.69) is 10.3 Å². The first-order valence-electron chi connectivity index (χ1n) is 9.07. The van der Waals surface area contributed by atoms with Gasteiger partial charge >= 0.3 is 6.18 Å². The average molecular weight is 471 g/mol. The monoisotopic (exact) mass is 470 g/mol. The Morgan fingerprint density at radius 3 is 2.35 bits per heavy atom. The third-order valence-electron chi connectivity index (χ3n) is 5.18. The lowest BCUT2D eigenvalue weighted by molar-refractivity contribution is -0.217. The highest BCUT2D eigenvalue weighted by atomic mass is 35.5. The number of nitrogens with zero attached hydrogens (tertiary/aromatic N) is 2. The molecule has 2 heterocycles. The molecule has 2 amide bonds. The first kappa shape index (κ1) is 21.5. The summed E-state index contributed by atoms with van der Waals surface area (Å²) in [6, 6.07) is 7.38. The summed E-state index contributed by atoms with van der Waals surface area (Å²) in [5.41, 5.74) is -1.17. The van der Waals surface area contributed by atoms with Crippen LogP contribution in [0.2, 0.25) is 10.0 Å². The fourth-order valence-electron chi connectivity index (χ4n) is 3.63. The largest absolute Gasteiger partial charge is 0.440 e. The van der Waals surface area contributed by atoms with Crippen molar-refractivity contribution in [3.8, 4) is 0 Å². The van der Waals surface area contributed by atoms with Gasteiger partial charge in [-0.1, -0.05) is 23.2 Å². The summed E-state index contributed by atoms with van der Waals surface area (Å²) in [6.45, 7) is 3.53. The molecule has 1 unspecified atom stereocenters. The van der Waals surface area contributed by atoms with Crippen molar-refractivity contribution in [1.82, 2.24) is 14.9 Å². The normalized spacial score (nSPS) is 18.2. The summed E-state index contributed by atoms with van der Waals surface area (Å²) < 4.78 is 43.9. The molecule has 2 N–H and O–H groups in total. The lowest BCUT2D eigenvalue weighted by Gasteiger charge is -2.32. The van der Waals surface area contributed by atoms with Gasteiger partial charge in [-0.25, -0.2) is 4.98 Å². The van der Waals surface area contributed by atoms with E-state index in [9.17, 15) is 22.8 Å². The van der Waals surface area contributed by atoms with Gasteiger partial charge < -0.3 is 5.32 Å². The van der Waals surface area contributed by atoms with E-state index in [-0.39, 0.29) is 27.0 Å². The van der Waals surface area contributed by atoms with Crippen LogP contribution in [0.1, 0.15) is 16.7 Å². The van der Waals surface area contributed by atoms with Gasteiger partial charge in [0.1, 0.15) is 0 Å². The Labute approximate surface area is 184 Å². The molecule has 0 spiro atoms. The second-order valence-electron chi connectivity index (χ2n) is 7.36. The fraction of sp³-hybridized carbons (Fsp3) is 0.250. The van der Waals surface area contributed by atoms with Crippen LogP contribution < -0.4 is 10.6 Å². The molecular formula is C20H15Cl2F3N4O2. The van der Waals surface area contributed by atoms with Gasteiger partial charge in [-0.05, 0) is 60.9 Å². The SMILES string of the molecule is Cc1cc2nc3n(c2cc1C)C(NC(=O)Cc1cc(Cl)cc(Cl)c1)(C(F)(F)F)C(=O)N3. The van der Waals surface area contributed by atoms with Crippen molar-refractivity contribution in [3.63, 3.8) is 0 Å². The molecule has 31 heavy (non-hydrogen) atoms. The number of aryl methyl sites for hydroxylation is 2. The molecule has 0 saturated carbocycles. The van der Waals surface area contributed by atoms with Gasteiger partial charge in [0.25, 0.3) is 11.6 Å². The first-order valence-corrected chi connectivity index (χ1v) is 9.82. The minimum Gasteiger partial charge on any atom is -0.317 e. The van der Waals surface area contributed by atoms with Crippen molar-refractivity contribution in [1.29, 1.82) is 0 Å². The van der Waals surface area contributed by atoms with Gasteiger partial charge in [0.15, 0.2) is 0 Å². The average Bonchev–Trinajstić information content (AvgIpc) is 3.08. The van der Waals surface area contributed by atoms with Gasteiger partial charge in [-0.3, -0.25) is 19.5 Å². The Balaban J connectivity index is 1.82. The molecule has 1 aliphatic heterocycles. The summed E-state index contributed by atoms with van der Waals surface area (Å²) in [5, 5.41) is 4.51. The summed E-state index contributed by atoms with van der Waals surface area (Å²) in [6.07, 6.45) is -5.62. The van der Waals surface area contributed by atoms with E-state index >= 15 is 0 Å². The number of imidazole rings is 1. The number of anilines is 1. The van der Waals surface area contributed by atoms with Crippen molar-refractivity contribution in [2.45, 2.75) is 32.1 Å². The molecule has 3 aromatic rings. The Bertz CT molecular complexity index is 1240. The summed E-state index contributed by atoms with van der Waals surface area (Å²) in [7, 11) is 0. The van der Waals surface area contributed by atoms with E-state index in [0.29, 0.717) is 15.7 Å². The van der Waals surface area contributed by atoms with Crippen LogP contribution in [0.5, 0.6) is 0 Å². The van der Waals surface area contributed by atoms with Crippen LogP contribution >= 0.6 is 23.2 Å². The Morgan fingerprint density at radius 2 is 1.74 bits per heavy atom. The minimum absolute atomic E-state index is 0.0693. The molecule has 11 heteroatoms. The smallest absolute Gasteiger partial charge is 0.317 e. The van der Waals surface area contributed by atoms with E-state index in [0.717, 1.165) is 5.56 Å². The zero-order chi connectivity index (χ0) is 22.7. The standard InChI is InChI=1S/C20H15Cl2F3N4O2/c1-9-3-14-15(4-10(9)2)29-18(26-14)27-17(31)19(29,20(23,24)25)28-16(30)7-11-5-12(21)8-13(22)6-11/h3-6,8H,7H2,1-2H3,(H,28,30)(H,26,27,31). The number of aromatic nitrogens is 2. The molecule has 2 aromatic carbocycles. The number of carbonyl (C=O) groups excluding carboxylic acids is 2.